The highest BCUT2D eigenvalue weighted by Crippen LogP contribution is 2.20. The molecule has 138 valence electrons. The van der Waals surface area contributed by atoms with Crippen molar-refractivity contribution >= 4 is 11.6 Å². The summed E-state index contributed by atoms with van der Waals surface area (Å²) in [6.07, 6.45) is 0. The van der Waals surface area contributed by atoms with Crippen LogP contribution in [0.5, 0.6) is 5.75 Å². The topological polar surface area (TPSA) is 73.2 Å². The van der Waals surface area contributed by atoms with Gasteiger partial charge in [0.05, 0.1) is 12.8 Å². The third-order valence-electron chi connectivity index (χ3n) is 4.28. The number of rotatable bonds is 5. The summed E-state index contributed by atoms with van der Waals surface area (Å²) < 4.78 is 6.35. The van der Waals surface area contributed by atoms with Crippen LogP contribution in [-0.2, 0) is 4.79 Å². The molecule has 1 aromatic heterocycles. The molecule has 6 nitrogen and oxygen atoms in total. The standard InChI is InChI=1S/C21H21N3O3/c1-14-4-8-17(9-5-14)22-21(26)15(2)24-20(25)13-12-19(23-24)16-6-10-18(27-3)11-7-16/h4-13,15H,1-3H3,(H,22,26). The summed E-state index contributed by atoms with van der Waals surface area (Å²) in [6, 6.07) is 17.1. The maximum absolute atomic E-state index is 12.6. The van der Waals surface area contributed by atoms with E-state index in [9.17, 15) is 9.59 Å². The number of ether oxygens (including phenoxy) is 1. The van der Waals surface area contributed by atoms with Gasteiger partial charge < -0.3 is 10.1 Å². The van der Waals surface area contributed by atoms with Gasteiger partial charge >= 0.3 is 0 Å². The van der Waals surface area contributed by atoms with Crippen molar-refractivity contribution in [3.05, 3.63) is 76.6 Å². The van der Waals surface area contributed by atoms with Crippen LogP contribution in [0.2, 0.25) is 0 Å². The lowest BCUT2D eigenvalue weighted by atomic mass is 10.1. The predicted octanol–water partition coefficient (Wildman–Crippen LogP) is 3.43. The monoisotopic (exact) mass is 363 g/mol. The molecule has 1 N–H and O–H groups in total. The van der Waals surface area contributed by atoms with Gasteiger partial charge in [-0.1, -0.05) is 17.7 Å². The first-order valence-electron chi connectivity index (χ1n) is 8.60. The summed E-state index contributed by atoms with van der Waals surface area (Å²) in [4.78, 5) is 24.8. The van der Waals surface area contributed by atoms with Gasteiger partial charge in [0, 0.05) is 17.3 Å². The first-order chi connectivity index (χ1) is 13.0. The number of aryl methyl sites for hydroxylation is 1. The van der Waals surface area contributed by atoms with Crippen molar-refractivity contribution in [3.8, 4) is 17.0 Å². The van der Waals surface area contributed by atoms with E-state index < -0.39 is 6.04 Å². The Morgan fingerprint density at radius 1 is 1.04 bits per heavy atom. The molecule has 0 radical (unpaired) electrons. The van der Waals surface area contributed by atoms with Crippen molar-refractivity contribution in [2.24, 2.45) is 0 Å². The van der Waals surface area contributed by atoms with Gasteiger partial charge in [-0.05, 0) is 56.3 Å². The minimum atomic E-state index is -0.753. The summed E-state index contributed by atoms with van der Waals surface area (Å²) in [5, 5.41) is 7.19. The van der Waals surface area contributed by atoms with Gasteiger partial charge in [0.1, 0.15) is 11.8 Å². The number of methoxy groups -OCH3 is 1. The number of nitrogens with one attached hydrogen (secondary N) is 1. The highest BCUT2D eigenvalue weighted by molar-refractivity contribution is 5.93. The molecule has 6 heteroatoms. The zero-order valence-electron chi connectivity index (χ0n) is 15.5. The van der Waals surface area contributed by atoms with Gasteiger partial charge in [0.25, 0.3) is 5.56 Å². The number of amides is 1. The molecule has 0 bridgehead atoms. The molecule has 27 heavy (non-hydrogen) atoms. The molecule has 0 saturated heterocycles. The maximum atomic E-state index is 12.6. The fraction of sp³-hybridized carbons (Fsp3) is 0.190. The van der Waals surface area contributed by atoms with E-state index in [1.54, 1.807) is 20.1 Å². The number of benzene rings is 2. The molecule has 0 aliphatic rings. The molecule has 0 fully saturated rings. The summed E-state index contributed by atoms with van der Waals surface area (Å²) in [5.41, 5.74) is 2.88. The number of carbonyl (C=O) groups is 1. The Bertz CT molecular complexity index is 992. The number of nitrogens with zero attached hydrogens (tertiary/aromatic N) is 2. The lowest BCUT2D eigenvalue weighted by Gasteiger charge is -2.15. The molecular formula is C21H21N3O3. The first kappa shape index (κ1) is 18.4. The average Bonchev–Trinajstić information content (AvgIpc) is 2.69. The quantitative estimate of drug-likeness (QED) is 0.754. The highest BCUT2D eigenvalue weighted by atomic mass is 16.5. The van der Waals surface area contributed by atoms with Crippen molar-refractivity contribution in [2.45, 2.75) is 19.9 Å². The predicted molar refractivity (Wildman–Crippen MR) is 105 cm³/mol. The number of hydrogen-bond acceptors (Lipinski definition) is 4. The first-order valence-corrected chi connectivity index (χ1v) is 8.60. The molecule has 1 unspecified atom stereocenters. The van der Waals surface area contributed by atoms with Gasteiger partial charge in [-0.25, -0.2) is 4.68 Å². The van der Waals surface area contributed by atoms with E-state index in [2.05, 4.69) is 10.4 Å². The molecule has 3 aromatic rings. The smallest absolute Gasteiger partial charge is 0.267 e. The van der Waals surface area contributed by atoms with Crippen molar-refractivity contribution in [1.82, 2.24) is 9.78 Å². The average molecular weight is 363 g/mol. The second kappa shape index (κ2) is 7.86. The van der Waals surface area contributed by atoms with Crippen LogP contribution >= 0.6 is 0 Å². The molecule has 0 aliphatic heterocycles. The lowest BCUT2D eigenvalue weighted by Crippen LogP contribution is -2.33. The summed E-state index contributed by atoms with van der Waals surface area (Å²) >= 11 is 0. The van der Waals surface area contributed by atoms with Gasteiger partial charge in [0.15, 0.2) is 0 Å². The van der Waals surface area contributed by atoms with E-state index in [4.69, 9.17) is 4.74 Å². The molecule has 3 rings (SSSR count). The van der Waals surface area contributed by atoms with Crippen LogP contribution in [0, 0.1) is 6.92 Å². The normalized spacial score (nSPS) is 11.7. The van der Waals surface area contributed by atoms with Crippen LogP contribution in [0.25, 0.3) is 11.3 Å². The second-order valence-electron chi connectivity index (χ2n) is 6.26. The van der Waals surface area contributed by atoms with Gasteiger partial charge in [0.2, 0.25) is 5.91 Å². The van der Waals surface area contributed by atoms with E-state index >= 15 is 0 Å². The zero-order valence-corrected chi connectivity index (χ0v) is 15.5. The summed E-state index contributed by atoms with van der Waals surface area (Å²) in [6.45, 7) is 3.62. The Morgan fingerprint density at radius 2 is 1.70 bits per heavy atom. The Kier molecular flexibility index (Phi) is 5.35. The molecule has 1 amide bonds. The fourth-order valence-corrected chi connectivity index (χ4v) is 2.61. The van der Waals surface area contributed by atoms with E-state index in [0.29, 0.717) is 11.4 Å². The van der Waals surface area contributed by atoms with E-state index in [0.717, 1.165) is 16.9 Å². The van der Waals surface area contributed by atoms with Crippen molar-refractivity contribution in [3.63, 3.8) is 0 Å². The minimum absolute atomic E-state index is 0.305. The molecular weight excluding hydrogens is 342 g/mol. The molecule has 0 spiro atoms. The minimum Gasteiger partial charge on any atom is -0.497 e. The Balaban J connectivity index is 1.85. The Labute approximate surface area is 157 Å². The van der Waals surface area contributed by atoms with Crippen molar-refractivity contribution < 1.29 is 9.53 Å². The van der Waals surface area contributed by atoms with Crippen LogP contribution in [0.1, 0.15) is 18.5 Å². The third kappa shape index (κ3) is 4.23. The van der Waals surface area contributed by atoms with Crippen LogP contribution < -0.4 is 15.6 Å². The largest absolute Gasteiger partial charge is 0.497 e. The molecule has 0 saturated carbocycles. The van der Waals surface area contributed by atoms with E-state index in [-0.39, 0.29) is 11.5 Å². The zero-order chi connectivity index (χ0) is 19.4. The van der Waals surface area contributed by atoms with Gasteiger partial charge in [-0.3, -0.25) is 9.59 Å². The van der Waals surface area contributed by atoms with Crippen molar-refractivity contribution in [2.75, 3.05) is 12.4 Å². The maximum Gasteiger partial charge on any atom is 0.267 e. The van der Waals surface area contributed by atoms with Crippen LogP contribution in [0.4, 0.5) is 5.69 Å². The second-order valence-corrected chi connectivity index (χ2v) is 6.26. The number of anilines is 1. The third-order valence-corrected chi connectivity index (χ3v) is 4.28. The van der Waals surface area contributed by atoms with Gasteiger partial charge in [-0.2, -0.15) is 5.10 Å². The number of carbonyl (C=O) groups excluding carboxylic acids is 1. The van der Waals surface area contributed by atoms with Crippen molar-refractivity contribution in [1.29, 1.82) is 0 Å². The highest BCUT2D eigenvalue weighted by Gasteiger charge is 2.18. The SMILES string of the molecule is COc1ccc(-c2ccc(=O)n(C(C)C(=O)Nc3ccc(C)cc3)n2)cc1. The fourth-order valence-electron chi connectivity index (χ4n) is 2.61. The van der Waals surface area contributed by atoms with Crippen LogP contribution in [0.3, 0.4) is 0 Å². The van der Waals surface area contributed by atoms with Gasteiger partial charge in [-0.15, -0.1) is 0 Å². The van der Waals surface area contributed by atoms with Crippen LogP contribution in [-0.4, -0.2) is 22.8 Å². The lowest BCUT2D eigenvalue weighted by molar-refractivity contribution is -0.119. The van der Waals surface area contributed by atoms with E-state index in [1.165, 1.54) is 10.7 Å². The number of hydrogen-bond donors (Lipinski definition) is 1. The Morgan fingerprint density at radius 3 is 2.33 bits per heavy atom. The molecule has 1 heterocycles. The molecule has 0 aliphatic carbocycles. The summed E-state index contributed by atoms with van der Waals surface area (Å²) in [7, 11) is 1.60. The Hall–Kier alpha value is -3.41. The number of aromatic nitrogens is 2. The van der Waals surface area contributed by atoms with Crippen LogP contribution in [0.15, 0.2) is 65.5 Å². The van der Waals surface area contributed by atoms with E-state index in [1.807, 2.05) is 55.5 Å². The molecule has 2 aromatic carbocycles. The summed E-state index contributed by atoms with van der Waals surface area (Å²) in [5.74, 6) is 0.429. The molecule has 1 atom stereocenters.